The van der Waals surface area contributed by atoms with E-state index in [9.17, 15) is 14.3 Å². The second kappa shape index (κ2) is 8.10. The molecule has 0 unspecified atom stereocenters. The van der Waals surface area contributed by atoms with Gasteiger partial charge in [-0.25, -0.2) is 9.18 Å². The molecule has 1 aromatic rings. The molecule has 0 aliphatic carbocycles. The lowest BCUT2D eigenvalue weighted by atomic mass is 10.1. The number of β-amino-alcohol motifs (C(OH)–C–C–N with tert-alkyl or cyclic N) is 1. The molecule has 0 radical (unpaired) electrons. The summed E-state index contributed by atoms with van der Waals surface area (Å²) >= 11 is 0. The average molecular weight is 309 g/mol. The van der Waals surface area contributed by atoms with Gasteiger partial charge in [0, 0.05) is 18.8 Å². The van der Waals surface area contributed by atoms with E-state index in [-0.39, 0.29) is 12.4 Å². The molecule has 2 amide bonds. The Labute approximate surface area is 130 Å². The number of carbonyl (C=O) groups excluding carboxylic acids is 1. The third kappa shape index (κ3) is 5.27. The zero-order valence-corrected chi connectivity index (χ0v) is 12.9. The Bertz CT molecular complexity index is 504. The number of aliphatic hydroxyl groups is 1. The number of carbonyl (C=O) groups is 1. The second-order valence-corrected chi connectivity index (χ2v) is 5.81. The number of aliphatic hydroxyl groups excluding tert-OH is 1. The first-order chi connectivity index (χ1) is 10.5. The highest BCUT2D eigenvalue weighted by Crippen LogP contribution is 2.13. The van der Waals surface area contributed by atoms with Crippen molar-refractivity contribution in [3.05, 3.63) is 29.6 Å². The smallest absolute Gasteiger partial charge is 0.319 e. The van der Waals surface area contributed by atoms with Crippen molar-refractivity contribution in [2.45, 2.75) is 32.3 Å². The van der Waals surface area contributed by atoms with Gasteiger partial charge in [-0.05, 0) is 50.6 Å². The van der Waals surface area contributed by atoms with Crippen molar-refractivity contribution < 1.29 is 14.3 Å². The van der Waals surface area contributed by atoms with Crippen LogP contribution >= 0.6 is 0 Å². The molecule has 3 N–H and O–H groups in total. The van der Waals surface area contributed by atoms with Crippen LogP contribution in [0.3, 0.4) is 0 Å². The van der Waals surface area contributed by atoms with Gasteiger partial charge in [-0.1, -0.05) is 12.5 Å². The molecular weight excluding hydrogens is 285 g/mol. The molecule has 1 fully saturated rings. The van der Waals surface area contributed by atoms with Crippen LogP contribution in [0.2, 0.25) is 0 Å². The van der Waals surface area contributed by atoms with Crippen LogP contribution in [0.25, 0.3) is 0 Å². The maximum atomic E-state index is 13.4. The molecule has 1 atom stereocenters. The minimum atomic E-state index is -0.599. The molecular formula is C16H24FN3O2. The lowest BCUT2D eigenvalue weighted by Gasteiger charge is -2.28. The number of nitrogens with zero attached hydrogens (tertiary/aromatic N) is 1. The number of rotatable bonds is 5. The van der Waals surface area contributed by atoms with Crippen LogP contribution in [0.5, 0.6) is 0 Å². The highest BCUT2D eigenvalue weighted by atomic mass is 19.1. The standard InChI is InChI=1S/C16H24FN3O2/c1-12-5-6-13(9-15(12)17)19-16(22)18-10-14(21)11-20-7-3-2-4-8-20/h5-6,9,14,21H,2-4,7-8,10-11H2,1H3,(H2,18,19,22)/t14-/m0/s1. The van der Waals surface area contributed by atoms with Gasteiger partial charge in [-0.15, -0.1) is 0 Å². The summed E-state index contributed by atoms with van der Waals surface area (Å²) in [7, 11) is 0. The summed E-state index contributed by atoms with van der Waals surface area (Å²) in [6, 6.07) is 4.08. The molecule has 0 spiro atoms. The van der Waals surface area contributed by atoms with Crippen molar-refractivity contribution in [2.24, 2.45) is 0 Å². The second-order valence-electron chi connectivity index (χ2n) is 5.81. The molecule has 1 aliphatic heterocycles. The number of amides is 2. The number of aryl methyl sites for hydroxylation is 1. The number of hydrogen-bond donors (Lipinski definition) is 3. The predicted octanol–water partition coefficient (Wildman–Crippen LogP) is 2.10. The molecule has 22 heavy (non-hydrogen) atoms. The van der Waals surface area contributed by atoms with Crippen LogP contribution in [-0.2, 0) is 0 Å². The Morgan fingerprint density at radius 1 is 1.36 bits per heavy atom. The number of urea groups is 1. The molecule has 6 heteroatoms. The van der Waals surface area contributed by atoms with Gasteiger partial charge >= 0.3 is 6.03 Å². The number of piperidine rings is 1. The van der Waals surface area contributed by atoms with E-state index >= 15 is 0 Å². The Hall–Kier alpha value is -1.66. The normalized spacial score (nSPS) is 17.0. The van der Waals surface area contributed by atoms with Gasteiger partial charge in [-0.2, -0.15) is 0 Å². The zero-order valence-electron chi connectivity index (χ0n) is 12.9. The summed E-state index contributed by atoms with van der Waals surface area (Å²) in [4.78, 5) is 13.9. The van der Waals surface area contributed by atoms with Crippen LogP contribution in [0.4, 0.5) is 14.9 Å². The molecule has 5 nitrogen and oxygen atoms in total. The average Bonchev–Trinajstić information content (AvgIpc) is 2.50. The van der Waals surface area contributed by atoms with Crippen molar-refractivity contribution in [2.75, 3.05) is 31.5 Å². The minimum Gasteiger partial charge on any atom is -0.390 e. The summed E-state index contributed by atoms with van der Waals surface area (Å²) in [5.41, 5.74) is 0.925. The van der Waals surface area contributed by atoms with Gasteiger partial charge in [0.1, 0.15) is 5.82 Å². The van der Waals surface area contributed by atoms with E-state index < -0.39 is 12.1 Å². The molecule has 122 valence electrons. The third-order valence-electron chi connectivity index (χ3n) is 3.85. The maximum absolute atomic E-state index is 13.4. The molecule has 2 rings (SSSR count). The van der Waals surface area contributed by atoms with Crippen molar-refractivity contribution in [1.29, 1.82) is 0 Å². The number of halogens is 1. The topological polar surface area (TPSA) is 64.6 Å². The summed E-state index contributed by atoms with van der Waals surface area (Å²) in [6.07, 6.45) is 2.98. The van der Waals surface area contributed by atoms with E-state index in [1.165, 1.54) is 25.3 Å². The van der Waals surface area contributed by atoms with Gasteiger partial charge in [-0.3, -0.25) is 0 Å². The first-order valence-corrected chi connectivity index (χ1v) is 7.76. The van der Waals surface area contributed by atoms with Crippen molar-refractivity contribution >= 4 is 11.7 Å². The van der Waals surface area contributed by atoms with E-state index in [0.717, 1.165) is 13.1 Å². The fraction of sp³-hybridized carbons (Fsp3) is 0.562. The Morgan fingerprint density at radius 2 is 2.09 bits per heavy atom. The van der Waals surface area contributed by atoms with Crippen LogP contribution in [0.1, 0.15) is 24.8 Å². The minimum absolute atomic E-state index is 0.177. The van der Waals surface area contributed by atoms with Gasteiger partial charge in [0.15, 0.2) is 0 Å². The van der Waals surface area contributed by atoms with Crippen molar-refractivity contribution in [3.8, 4) is 0 Å². The predicted molar refractivity (Wildman–Crippen MR) is 84.5 cm³/mol. The number of benzene rings is 1. The highest BCUT2D eigenvalue weighted by molar-refractivity contribution is 5.89. The van der Waals surface area contributed by atoms with Crippen molar-refractivity contribution in [3.63, 3.8) is 0 Å². The zero-order chi connectivity index (χ0) is 15.9. The lowest BCUT2D eigenvalue weighted by molar-refractivity contribution is 0.102. The number of hydrogen-bond acceptors (Lipinski definition) is 3. The first kappa shape index (κ1) is 16.7. The summed E-state index contributed by atoms with van der Waals surface area (Å²) in [5.74, 6) is -0.358. The van der Waals surface area contributed by atoms with E-state index in [4.69, 9.17) is 0 Å². The summed E-state index contributed by atoms with van der Waals surface area (Å²) in [6.45, 7) is 4.42. The summed E-state index contributed by atoms with van der Waals surface area (Å²) in [5, 5.41) is 15.1. The van der Waals surface area contributed by atoms with E-state index in [1.54, 1.807) is 19.1 Å². The Kier molecular flexibility index (Phi) is 6.15. The van der Waals surface area contributed by atoms with E-state index in [1.807, 2.05) is 0 Å². The molecule has 0 saturated carbocycles. The van der Waals surface area contributed by atoms with Gasteiger partial charge in [0.05, 0.1) is 6.10 Å². The highest BCUT2D eigenvalue weighted by Gasteiger charge is 2.15. The Balaban J connectivity index is 1.71. The van der Waals surface area contributed by atoms with Crippen LogP contribution < -0.4 is 10.6 Å². The molecule has 1 aromatic carbocycles. The van der Waals surface area contributed by atoms with Crippen molar-refractivity contribution in [1.82, 2.24) is 10.2 Å². The van der Waals surface area contributed by atoms with Crippen LogP contribution in [0.15, 0.2) is 18.2 Å². The monoisotopic (exact) mass is 309 g/mol. The number of likely N-dealkylation sites (tertiary alicyclic amines) is 1. The quantitative estimate of drug-likeness (QED) is 0.780. The fourth-order valence-electron chi connectivity index (χ4n) is 2.56. The number of anilines is 1. The van der Waals surface area contributed by atoms with Gasteiger partial charge < -0.3 is 20.6 Å². The van der Waals surface area contributed by atoms with Gasteiger partial charge in [0.25, 0.3) is 0 Å². The summed E-state index contributed by atoms with van der Waals surface area (Å²) < 4.78 is 13.4. The lowest BCUT2D eigenvalue weighted by Crippen LogP contribution is -2.42. The molecule has 1 aliphatic rings. The molecule has 1 saturated heterocycles. The van der Waals surface area contributed by atoms with Gasteiger partial charge in [0.2, 0.25) is 0 Å². The van der Waals surface area contributed by atoms with E-state index in [2.05, 4.69) is 15.5 Å². The van der Waals surface area contributed by atoms with E-state index in [0.29, 0.717) is 17.8 Å². The SMILES string of the molecule is Cc1ccc(NC(=O)NC[C@H](O)CN2CCCCC2)cc1F. The first-order valence-electron chi connectivity index (χ1n) is 7.76. The van der Waals surface area contributed by atoms with Crippen LogP contribution in [0, 0.1) is 12.7 Å². The molecule has 0 bridgehead atoms. The molecule has 1 heterocycles. The molecule has 0 aromatic heterocycles. The van der Waals surface area contributed by atoms with Crippen LogP contribution in [-0.4, -0.2) is 48.3 Å². The maximum Gasteiger partial charge on any atom is 0.319 e. The fourth-order valence-corrected chi connectivity index (χ4v) is 2.56. The Morgan fingerprint density at radius 3 is 2.77 bits per heavy atom. The third-order valence-corrected chi connectivity index (χ3v) is 3.85. The largest absolute Gasteiger partial charge is 0.390 e. The number of nitrogens with one attached hydrogen (secondary N) is 2.